The van der Waals surface area contributed by atoms with Crippen molar-refractivity contribution in [3.8, 4) is 0 Å². The van der Waals surface area contributed by atoms with E-state index in [9.17, 15) is 4.79 Å². The van der Waals surface area contributed by atoms with Crippen LogP contribution in [0.5, 0.6) is 0 Å². The van der Waals surface area contributed by atoms with Gasteiger partial charge in [-0.1, -0.05) is 6.07 Å². The Kier molecular flexibility index (Phi) is 4.81. The topological polar surface area (TPSA) is 45.7 Å². The molecule has 3 heterocycles. The molecule has 0 unspecified atom stereocenters. The van der Waals surface area contributed by atoms with E-state index in [-0.39, 0.29) is 5.92 Å². The molecular weight excluding hydrogens is 302 g/mol. The first-order chi connectivity index (χ1) is 11.8. The first-order valence-corrected chi connectivity index (χ1v) is 9.30. The highest BCUT2D eigenvalue weighted by atomic mass is 16.5. The first kappa shape index (κ1) is 16.0. The van der Waals surface area contributed by atoms with Gasteiger partial charge in [0.15, 0.2) is 0 Å². The van der Waals surface area contributed by atoms with Gasteiger partial charge >= 0.3 is 0 Å². The fourth-order valence-electron chi connectivity index (χ4n) is 4.15. The lowest BCUT2D eigenvalue weighted by atomic mass is 9.95. The molecule has 1 amide bonds. The van der Waals surface area contributed by atoms with E-state index in [0.29, 0.717) is 11.8 Å². The third kappa shape index (κ3) is 3.62. The van der Waals surface area contributed by atoms with Crippen molar-refractivity contribution in [2.45, 2.75) is 25.2 Å². The summed E-state index contributed by atoms with van der Waals surface area (Å²) in [6, 6.07) is 4.06. The predicted octanol–water partition coefficient (Wildman–Crippen LogP) is 1.76. The monoisotopic (exact) mass is 329 g/mol. The van der Waals surface area contributed by atoms with Gasteiger partial charge in [0.25, 0.3) is 0 Å². The molecule has 130 valence electrons. The summed E-state index contributed by atoms with van der Waals surface area (Å²) in [5.74, 6) is 1.71. The van der Waals surface area contributed by atoms with E-state index in [2.05, 4.69) is 20.9 Å². The summed E-state index contributed by atoms with van der Waals surface area (Å²) in [6.07, 6.45) is 6.99. The molecule has 3 fully saturated rings. The van der Waals surface area contributed by atoms with Crippen LogP contribution in [0.15, 0.2) is 24.5 Å². The maximum Gasteiger partial charge on any atom is 0.226 e. The van der Waals surface area contributed by atoms with Crippen molar-refractivity contribution in [1.29, 1.82) is 0 Å². The number of rotatable bonds is 4. The number of likely N-dealkylation sites (tertiary alicyclic amines) is 1. The van der Waals surface area contributed by atoms with Gasteiger partial charge in [-0.2, -0.15) is 0 Å². The molecule has 0 bridgehead atoms. The van der Waals surface area contributed by atoms with Crippen molar-refractivity contribution in [2.24, 2.45) is 11.8 Å². The van der Waals surface area contributed by atoms with Gasteiger partial charge in [-0.3, -0.25) is 14.7 Å². The summed E-state index contributed by atoms with van der Waals surface area (Å²) in [7, 11) is 0. The third-order valence-electron chi connectivity index (χ3n) is 5.77. The normalized spacial score (nSPS) is 28.8. The molecule has 5 nitrogen and oxygen atoms in total. The van der Waals surface area contributed by atoms with Crippen LogP contribution >= 0.6 is 0 Å². The highest BCUT2D eigenvalue weighted by Crippen LogP contribution is 2.48. The largest absolute Gasteiger partial charge is 0.379 e. The van der Waals surface area contributed by atoms with E-state index in [1.54, 1.807) is 6.20 Å². The summed E-state index contributed by atoms with van der Waals surface area (Å²) in [6.45, 7) is 6.91. The molecule has 2 saturated heterocycles. The van der Waals surface area contributed by atoms with Gasteiger partial charge in [0.1, 0.15) is 0 Å². The molecule has 2 aliphatic heterocycles. The van der Waals surface area contributed by atoms with E-state index in [4.69, 9.17) is 4.74 Å². The van der Waals surface area contributed by atoms with Crippen LogP contribution in [0.4, 0.5) is 0 Å². The summed E-state index contributed by atoms with van der Waals surface area (Å²) < 4.78 is 5.42. The van der Waals surface area contributed by atoms with Gasteiger partial charge in [-0.15, -0.1) is 0 Å². The molecule has 4 rings (SSSR count). The number of aromatic nitrogens is 1. The smallest absolute Gasteiger partial charge is 0.226 e. The summed E-state index contributed by atoms with van der Waals surface area (Å²) >= 11 is 0. The SMILES string of the molecule is O=C([C@H]1C[C@@H]1c1cccnc1)N1CCC(CN2CCOCC2)CC1. The highest BCUT2D eigenvalue weighted by molar-refractivity contribution is 5.83. The summed E-state index contributed by atoms with van der Waals surface area (Å²) in [5, 5.41) is 0. The molecule has 24 heavy (non-hydrogen) atoms. The van der Waals surface area contributed by atoms with Crippen molar-refractivity contribution in [3.05, 3.63) is 30.1 Å². The van der Waals surface area contributed by atoms with Crippen molar-refractivity contribution < 1.29 is 9.53 Å². The van der Waals surface area contributed by atoms with Gasteiger partial charge in [0, 0.05) is 51.0 Å². The second-order valence-corrected chi connectivity index (χ2v) is 7.42. The van der Waals surface area contributed by atoms with Crippen LogP contribution in [0.25, 0.3) is 0 Å². The Morgan fingerprint density at radius 3 is 2.71 bits per heavy atom. The van der Waals surface area contributed by atoms with Crippen molar-refractivity contribution in [1.82, 2.24) is 14.8 Å². The molecule has 0 radical (unpaired) electrons. The van der Waals surface area contributed by atoms with Gasteiger partial charge in [0.2, 0.25) is 5.91 Å². The van der Waals surface area contributed by atoms with Gasteiger partial charge < -0.3 is 9.64 Å². The van der Waals surface area contributed by atoms with Gasteiger partial charge in [0.05, 0.1) is 13.2 Å². The number of ether oxygens (including phenoxy) is 1. The van der Waals surface area contributed by atoms with Crippen LogP contribution in [0.3, 0.4) is 0 Å². The number of nitrogens with zero attached hydrogens (tertiary/aromatic N) is 3. The number of piperidine rings is 1. The van der Waals surface area contributed by atoms with Crippen molar-refractivity contribution >= 4 is 5.91 Å². The number of hydrogen-bond donors (Lipinski definition) is 0. The Morgan fingerprint density at radius 2 is 2.00 bits per heavy atom. The maximum absolute atomic E-state index is 12.7. The predicted molar refractivity (Wildman–Crippen MR) is 91.6 cm³/mol. The van der Waals surface area contributed by atoms with Crippen molar-refractivity contribution in [2.75, 3.05) is 45.9 Å². The zero-order valence-corrected chi connectivity index (χ0v) is 14.3. The van der Waals surface area contributed by atoms with E-state index in [0.717, 1.165) is 64.6 Å². The van der Waals surface area contributed by atoms with E-state index >= 15 is 0 Å². The van der Waals surface area contributed by atoms with E-state index in [1.165, 1.54) is 12.1 Å². The lowest BCUT2D eigenvalue weighted by Gasteiger charge is -2.36. The maximum atomic E-state index is 12.7. The Labute approximate surface area is 144 Å². The quantitative estimate of drug-likeness (QED) is 0.844. The fourth-order valence-corrected chi connectivity index (χ4v) is 4.15. The third-order valence-corrected chi connectivity index (χ3v) is 5.77. The molecule has 5 heteroatoms. The zero-order chi connectivity index (χ0) is 16.4. The molecule has 1 saturated carbocycles. The average molecular weight is 329 g/mol. The first-order valence-electron chi connectivity index (χ1n) is 9.30. The molecule has 1 aromatic heterocycles. The highest BCUT2D eigenvalue weighted by Gasteiger charge is 2.46. The number of carbonyl (C=O) groups excluding carboxylic acids is 1. The van der Waals surface area contributed by atoms with Crippen LogP contribution in [0.2, 0.25) is 0 Å². The lowest BCUT2D eigenvalue weighted by Crippen LogP contribution is -2.44. The Morgan fingerprint density at radius 1 is 1.21 bits per heavy atom. The number of hydrogen-bond acceptors (Lipinski definition) is 4. The molecular formula is C19H27N3O2. The molecule has 0 spiro atoms. The Bertz CT molecular complexity index is 551. The summed E-state index contributed by atoms with van der Waals surface area (Å²) in [4.78, 5) is 21.5. The Balaban J connectivity index is 1.23. The van der Waals surface area contributed by atoms with Crippen LogP contribution in [0.1, 0.15) is 30.7 Å². The van der Waals surface area contributed by atoms with E-state index in [1.807, 2.05) is 12.3 Å². The minimum Gasteiger partial charge on any atom is -0.379 e. The number of morpholine rings is 1. The standard InChI is InChI=1S/C19H27N3O2/c23-19(18-12-17(18)16-2-1-5-20-13-16)22-6-3-15(4-7-22)14-21-8-10-24-11-9-21/h1-2,5,13,15,17-18H,3-4,6-12,14H2/t17-,18+/m1/s1. The molecule has 2 atom stereocenters. The van der Waals surface area contributed by atoms with Crippen LogP contribution in [-0.4, -0.2) is 66.6 Å². The number of carbonyl (C=O) groups is 1. The van der Waals surface area contributed by atoms with Gasteiger partial charge in [-0.25, -0.2) is 0 Å². The van der Waals surface area contributed by atoms with Gasteiger partial charge in [-0.05, 0) is 42.7 Å². The minimum atomic E-state index is 0.199. The van der Waals surface area contributed by atoms with E-state index < -0.39 is 0 Å². The molecule has 0 N–H and O–H groups in total. The fraction of sp³-hybridized carbons (Fsp3) is 0.684. The average Bonchev–Trinajstić information content (AvgIpc) is 3.44. The Hall–Kier alpha value is -1.46. The molecule has 1 aromatic rings. The summed E-state index contributed by atoms with van der Waals surface area (Å²) in [5.41, 5.74) is 1.22. The van der Waals surface area contributed by atoms with Crippen LogP contribution < -0.4 is 0 Å². The minimum absolute atomic E-state index is 0.199. The lowest BCUT2D eigenvalue weighted by molar-refractivity contribution is -0.134. The van der Waals surface area contributed by atoms with Crippen molar-refractivity contribution in [3.63, 3.8) is 0 Å². The molecule has 0 aromatic carbocycles. The molecule has 1 aliphatic carbocycles. The number of amides is 1. The second kappa shape index (κ2) is 7.19. The van der Waals surface area contributed by atoms with Crippen LogP contribution in [-0.2, 0) is 9.53 Å². The number of pyridine rings is 1. The zero-order valence-electron chi connectivity index (χ0n) is 14.3. The second-order valence-electron chi connectivity index (χ2n) is 7.42. The van der Waals surface area contributed by atoms with Crippen LogP contribution in [0, 0.1) is 11.8 Å². The molecule has 3 aliphatic rings.